The second-order valence-electron chi connectivity index (χ2n) is 2.46. The number of hydrogen-bond acceptors (Lipinski definition) is 1. The van der Waals surface area contributed by atoms with Crippen LogP contribution in [0.5, 0.6) is 0 Å². The van der Waals surface area contributed by atoms with Crippen LogP contribution in [-0.2, 0) is 0 Å². The fourth-order valence-electron chi connectivity index (χ4n) is 0.717. The summed E-state index contributed by atoms with van der Waals surface area (Å²) < 4.78 is 0. The van der Waals surface area contributed by atoms with Crippen LogP contribution in [0.1, 0.15) is 26.2 Å². The molecule has 0 aliphatic rings. The molecule has 0 aliphatic heterocycles. The van der Waals surface area contributed by atoms with Gasteiger partial charge in [-0.25, -0.2) is 0 Å². The minimum absolute atomic E-state index is 0. The van der Waals surface area contributed by atoms with Crippen LogP contribution in [0.3, 0.4) is 0 Å². The topological polar surface area (TPSA) is 3.24 Å². The average Bonchev–Trinajstić information content (AvgIpc) is 1.89. The Morgan fingerprint density at radius 1 is 1.30 bits per heavy atom. The van der Waals surface area contributed by atoms with Crippen molar-refractivity contribution in [3.8, 4) is 0 Å². The van der Waals surface area contributed by atoms with Gasteiger partial charge < -0.3 is 11.8 Å². The van der Waals surface area contributed by atoms with Gasteiger partial charge in [0.15, 0.2) is 0 Å². The Kier molecular flexibility index (Phi) is 12.6. The van der Waals surface area contributed by atoms with E-state index in [1.165, 1.54) is 19.4 Å². The zero-order valence-electron chi connectivity index (χ0n) is 7.69. The minimum Gasteiger partial charge on any atom is -0.343 e. The zero-order chi connectivity index (χ0) is 7.11. The van der Waals surface area contributed by atoms with Gasteiger partial charge in [-0.3, -0.25) is 0 Å². The Hall–Kier alpha value is 0.557. The Labute approximate surface area is 77.4 Å². The third-order valence-corrected chi connectivity index (χ3v) is 1.58. The number of unbranched alkanes of at least 4 members (excludes halogenated alkanes) is 2. The molecule has 2 heteroatoms. The van der Waals surface area contributed by atoms with Crippen LogP contribution in [0.2, 0.25) is 0 Å². The van der Waals surface area contributed by atoms with Crippen molar-refractivity contribution in [3.05, 3.63) is 6.92 Å². The van der Waals surface area contributed by atoms with E-state index in [1.807, 2.05) is 0 Å². The maximum absolute atomic E-state index is 3.79. The normalized spacial score (nSPS) is 9.60. The van der Waals surface area contributed by atoms with Crippen molar-refractivity contribution in [2.24, 2.45) is 0 Å². The smallest absolute Gasteiger partial charge is 0.343 e. The first kappa shape index (κ1) is 13.2. The minimum atomic E-state index is 0. The van der Waals surface area contributed by atoms with Gasteiger partial charge in [-0.1, -0.05) is 13.3 Å². The first-order valence-electron chi connectivity index (χ1n) is 3.79. The van der Waals surface area contributed by atoms with Crippen LogP contribution in [0.4, 0.5) is 0 Å². The van der Waals surface area contributed by atoms with E-state index in [0.29, 0.717) is 0 Å². The van der Waals surface area contributed by atoms with Gasteiger partial charge in [0.1, 0.15) is 0 Å². The number of nitrogens with zero attached hydrogens (tertiary/aromatic N) is 1. The van der Waals surface area contributed by atoms with Crippen LogP contribution in [-0.4, -0.2) is 25.0 Å². The van der Waals surface area contributed by atoms with Gasteiger partial charge in [0.2, 0.25) is 0 Å². The van der Waals surface area contributed by atoms with Gasteiger partial charge in [-0.15, -0.1) is 0 Å². The van der Waals surface area contributed by atoms with E-state index in [1.54, 1.807) is 0 Å². The molecule has 0 heterocycles. The molecule has 0 bridgehead atoms. The fourth-order valence-corrected chi connectivity index (χ4v) is 0.717. The van der Waals surface area contributed by atoms with Gasteiger partial charge in [0.25, 0.3) is 0 Å². The first-order valence-corrected chi connectivity index (χ1v) is 3.79. The molecule has 0 rings (SSSR count). The van der Waals surface area contributed by atoms with Crippen molar-refractivity contribution in [1.29, 1.82) is 0 Å². The van der Waals surface area contributed by atoms with Crippen molar-refractivity contribution >= 4 is 0 Å². The van der Waals surface area contributed by atoms with E-state index in [-0.39, 0.29) is 18.9 Å². The molecule has 0 saturated heterocycles. The van der Waals surface area contributed by atoms with Crippen LogP contribution < -0.4 is 18.9 Å². The molecular weight excluding hydrogens is 117 g/mol. The summed E-state index contributed by atoms with van der Waals surface area (Å²) in [5, 5.41) is 0. The van der Waals surface area contributed by atoms with Crippen molar-refractivity contribution in [3.63, 3.8) is 0 Å². The molecule has 0 aromatic heterocycles. The van der Waals surface area contributed by atoms with Crippen molar-refractivity contribution in [1.82, 2.24) is 4.90 Å². The standard InChI is InChI=1S/C8H18N.Li/c1-4-6-7-8-9(3)5-2;/h1,4-8H2,2-3H3;/q-1;+1. The molecule has 0 amide bonds. The van der Waals surface area contributed by atoms with E-state index in [0.717, 1.165) is 13.0 Å². The molecule has 0 fully saturated rings. The maximum atomic E-state index is 3.79. The molecule has 56 valence electrons. The van der Waals surface area contributed by atoms with Crippen LogP contribution >= 0.6 is 0 Å². The Balaban J connectivity index is 0. The SMILES string of the molecule is [CH2-]CCCCN(C)CC.[Li+]. The zero-order valence-corrected chi connectivity index (χ0v) is 7.69. The quantitative estimate of drug-likeness (QED) is 0.264. The summed E-state index contributed by atoms with van der Waals surface area (Å²) in [6.07, 6.45) is 3.65. The summed E-state index contributed by atoms with van der Waals surface area (Å²) in [6, 6.07) is 0. The summed E-state index contributed by atoms with van der Waals surface area (Å²) >= 11 is 0. The van der Waals surface area contributed by atoms with Crippen molar-refractivity contribution in [2.75, 3.05) is 20.1 Å². The summed E-state index contributed by atoms with van der Waals surface area (Å²) in [5.74, 6) is 0. The van der Waals surface area contributed by atoms with Crippen LogP contribution in [0.25, 0.3) is 0 Å². The number of rotatable bonds is 5. The predicted molar refractivity (Wildman–Crippen MR) is 42.4 cm³/mol. The van der Waals surface area contributed by atoms with E-state index >= 15 is 0 Å². The van der Waals surface area contributed by atoms with E-state index in [4.69, 9.17) is 0 Å². The molecule has 0 aromatic rings. The van der Waals surface area contributed by atoms with E-state index in [9.17, 15) is 0 Å². The number of hydrogen-bond donors (Lipinski definition) is 0. The Morgan fingerprint density at radius 3 is 2.30 bits per heavy atom. The third kappa shape index (κ3) is 8.56. The molecule has 0 unspecified atom stereocenters. The summed E-state index contributed by atoms with van der Waals surface area (Å²) in [5.41, 5.74) is 0. The molecule has 0 radical (unpaired) electrons. The van der Waals surface area contributed by atoms with Gasteiger partial charge >= 0.3 is 18.9 Å². The first-order chi connectivity index (χ1) is 4.31. The molecule has 0 spiro atoms. The molecular formula is C8H18LiN. The van der Waals surface area contributed by atoms with Gasteiger partial charge in [0, 0.05) is 0 Å². The van der Waals surface area contributed by atoms with Crippen LogP contribution in [0, 0.1) is 6.92 Å². The van der Waals surface area contributed by atoms with Crippen molar-refractivity contribution < 1.29 is 18.9 Å². The molecule has 0 saturated carbocycles. The second-order valence-corrected chi connectivity index (χ2v) is 2.46. The van der Waals surface area contributed by atoms with E-state index < -0.39 is 0 Å². The van der Waals surface area contributed by atoms with Gasteiger partial charge in [-0.05, 0) is 26.6 Å². The fraction of sp³-hybridized carbons (Fsp3) is 0.875. The molecule has 0 aliphatic carbocycles. The molecule has 0 N–H and O–H groups in total. The van der Waals surface area contributed by atoms with Crippen LogP contribution in [0.15, 0.2) is 0 Å². The van der Waals surface area contributed by atoms with E-state index in [2.05, 4.69) is 25.8 Å². The van der Waals surface area contributed by atoms with Gasteiger partial charge in [0.05, 0.1) is 0 Å². The molecule has 0 aromatic carbocycles. The summed E-state index contributed by atoms with van der Waals surface area (Å²) in [6.45, 7) is 8.37. The molecule has 10 heavy (non-hydrogen) atoms. The maximum Gasteiger partial charge on any atom is 1.00 e. The average molecular weight is 135 g/mol. The second kappa shape index (κ2) is 9.56. The third-order valence-electron chi connectivity index (χ3n) is 1.58. The molecule has 0 atom stereocenters. The van der Waals surface area contributed by atoms with Crippen molar-refractivity contribution in [2.45, 2.75) is 26.2 Å². The van der Waals surface area contributed by atoms with Gasteiger partial charge in [-0.2, -0.15) is 6.42 Å². The summed E-state index contributed by atoms with van der Waals surface area (Å²) in [7, 11) is 2.16. The Bertz CT molecular complexity index is 57.2. The monoisotopic (exact) mass is 135 g/mol. The Morgan fingerprint density at radius 2 is 1.90 bits per heavy atom. The predicted octanol–water partition coefficient (Wildman–Crippen LogP) is -1.05. The summed E-state index contributed by atoms with van der Waals surface area (Å²) in [4.78, 5) is 2.33. The molecule has 1 nitrogen and oxygen atoms in total. The largest absolute Gasteiger partial charge is 1.00 e.